The van der Waals surface area contributed by atoms with E-state index in [9.17, 15) is 14.7 Å². The van der Waals surface area contributed by atoms with Gasteiger partial charge >= 0.3 is 0 Å². The SMILES string of the molecule is COc1ccc(Cn2c(O)c3c(c2SCC(=O)Nc2ccc(C(N)=O)cn2)CCCC3)cc1OC. The molecule has 35 heavy (non-hydrogen) atoms. The third-order valence-corrected chi connectivity index (χ3v) is 7.09. The second kappa shape index (κ2) is 10.7. The van der Waals surface area contributed by atoms with Crippen molar-refractivity contribution in [2.45, 2.75) is 37.3 Å². The molecule has 4 rings (SSSR count). The molecule has 0 aliphatic heterocycles. The van der Waals surface area contributed by atoms with Gasteiger partial charge in [-0.2, -0.15) is 0 Å². The van der Waals surface area contributed by atoms with E-state index in [0.717, 1.165) is 47.4 Å². The Balaban J connectivity index is 1.54. The van der Waals surface area contributed by atoms with Gasteiger partial charge in [0.05, 0.1) is 37.1 Å². The number of fused-ring (bicyclic) bond motifs is 1. The van der Waals surface area contributed by atoms with E-state index < -0.39 is 5.91 Å². The Morgan fingerprint density at radius 3 is 2.51 bits per heavy atom. The van der Waals surface area contributed by atoms with E-state index in [4.69, 9.17) is 15.2 Å². The van der Waals surface area contributed by atoms with Crippen molar-refractivity contribution in [3.63, 3.8) is 0 Å². The lowest BCUT2D eigenvalue weighted by Crippen LogP contribution is -2.16. The van der Waals surface area contributed by atoms with Crippen LogP contribution in [-0.4, -0.2) is 46.4 Å². The number of nitrogens with two attached hydrogens (primary N) is 1. The van der Waals surface area contributed by atoms with Crippen molar-refractivity contribution < 1.29 is 24.2 Å². The second-order valence-corrected chi connectivity index (χ2v) is 9.17. The number of aromatic nitrogens is 2. The van der Waals surface area contributed by atoms with Gasteiger partial charge in [-0.1, -0.05) is 17.8 Å². The number of aromatic hydroxyl groups is 1. The van der Waals surface area contributed by atoms with Crippen LogP contribution in [0.3, 0.4) is 0 Å². The van der Waals surface area contributed by atoms with Crippen LogP contribution in [0, 0.1) is 0 Å². The highest BCUT2D eigenvalue weighted by Gasteiger charge is 2.26. The number of pyridine rings is 1. The molecule has 2 heterocycles. The number of carbonyl (C=O) groups excluding carboxylic acids is 2. The van der Waals surface area contributed by atoms with Gasteiger partial charge in [-0.25, -0.2) is 4.98 Å². The zero-order chi connectivity index (χ0) is 24.9. The van der Waals surface area contributed by atoms with Gasteiger partial charge in [0.2, 0.25) is 11.8 Å². The maximum Gasteiger partial charge on any atom is 0.250 e. The number of benzene rings is 1. The molecule has 0 saturated heterocycles. The Bertz CT molecular complexity index is 1240. The molecule has 1 aliphatic rings. The molecule has 1 aromatic carbocycles. The zero-order valence-corrected chi connectivity index (χ0v) is 20.5. The third kappa shape index (κ3) is 5.37. The van der Waals surface area contributed by atoms with Gasteiger partial charge in [-0.15, -0.1) is 0 Å². The van der Waals surface area contributed by atoms with Gasteiger partial charge < -0.3 is 30.2 Å². The number of carbonyl (C=O) groups is 2. The number of ether oxygens (including phenoxy) is 2. The van der Waals surface area contributed by atoms with Crippen LogP contribution >= 0.6 is 11.8 Å². The van der Waals surface area contributed by atoms with E-state index >= 15 is 0 Å². The van der Waals surface area contributed by atoms with E-state index in [2.05, 4.69) is 10.3 Å². The number of primary amides is 1. The predicted octanol–water partition coefficient (Wildman–Crippen LogP) is 3.36. The largest absolute Gasteiger partial charge is 0.494 e. The third-order valence-electron chi connectivity index (χ3n) is 5.94. The molecule has 10 heteroatoms. The molecule has 0 spiro atoms. The summed E-state index contributed by atoms with van der Waals surface area (Å²) in [6.07, 6.45) is 5.08. The Morgan fingerprint density at radius 1 is 1.11 bits per heavy atom. The predicted molar refractivity (Wildman–Crippen MR) is 133 cm³/mol. The number of nitrogens with zero attached hydrogens (tertiary/aromatic N) is 2. The van der Waals surface area contributed by atoms with E-state index in [1.54, 1.807) is 14.2 Å². The molecule has 0 bridgehead atoms. The minimum atomic E-state index is -0.578. The summed E-state index contributed by atoms with van der Waals surface area (Å²) in [5.41, 5.74) is 8.51. The highest BCUT2D eigenvalue weighted by Crippen LogP contribution is 2.40. The fourth-order valence-electron chi connectivity index (χ4n) is 4.21. The van der Waals surface area contributed by atoms with Crippen LogP contribution in [-0.2, 0) is 24.2 Å². The van der Waals surface area contributed by atoms with Crippen molar-refractivity contribution in [3.8, 4) is 17.4 Å². The minimum absolute atomic E-state index is 0.140. The van der Waals surface area contributed by atoms with Crippen molar-refractivity contribution in [3.05, 3.63) is 58.8 Å². The Labute approximate surface area is 207 Å². The normalized spacial score (nSPS) is 12.6. The van der Waals surface area contributed by atoms with Crippen molar-refractivity contribution in [1.29, 1.82) is 0 Å². The summed E-state index contributed by atoms with van der Waals surface area (Å²) in [6.45, 7) is 0.430. The van der Waals surface area contributed by atoms with Crippen LogP contribution in [0.15, 0.2) is 41.6 Å². The fraction of sp³-hybridized carbons (Fsp3) is 0.320. The lowest BCUT2D eigenvalue weighted by atomic mass is 9.95. The van der Waals surface area contributed by atoms with Crippen molar-refractivity contribution in [2.75, 3.05) is 25.3 Å². The van der Waals surface area contributed by atoms with Gasteiger partial charge in [0, 0.05) is 11.8 Å². The average molecular weight is 497 g/mol. The molecule has 1 aliphatic carbocycles. The number of amides is 2. The Kier molecular flexibility index (Phi) is 7.50. The number of anilines is 1. The monoisotopic (exact) mass is 496 g/mol. The molecule has 9 nitrogen and oxygen atoms in total. The van der Waals surface area contributed by atoms with Gasteiger partial charge in [0.25, 0.3) is 0 Å². The van der Waals surface area contributed by atoms with Crippen LogP contribution in [0.5, 0.6) is 17.4 Å². The van der Waals surface area contributed by atoms with Crippen molar-refractivity contribution in [2.24, 2.45) is 5.73 Å². The first-order valence-electron chi connectivity index (χ1n) is 11.2. The maximum absolute atomic E-state index is 12.6. The van der Waals surface area contributed by atoms with Crippen molar-refractivity contribution >= 4 is 29.4 Å². The summed E-state index contributed by atoms with van der Waals surface area (Å²) in [4.78, 5) is 27.9. The Hall–Kier alpha value is -3.66. The number of hydrogen-bond acceptors (Lipinski definition) is 7. The number of hydrogen-bond donors (Lipinski definition) is 3. The molecular formula is C25H28N4O5S. The molecule has 2 amide bonds. The topological polar surface area (TPSA) is 129 Å². The molecule has 3 aromatic rings. The van der Waals surface area contributed by atoms with Gasteiger partial charge in [-0.05, 0) is 61.1 Å². The number of rotatable bonds is 9. The van der Waals surface area contributed by atoms with Crippen LogP contribution in [0.25, 0.3) is 0 Å². The molecule has 0 radical (unpaired) electrons. The van der Waals surface area contributed by atoms with E-state index in [0.29, 0.717) is 23.9 Å². The standard InChI is InChI=1S/C25H28N4O5S/c1-33-19-9-7-15(11-20(19)34-2)13-29-24(32)17-5-3-4-6-18(17)25(29)35-14-22(30)28-21-10-8-16(12-27-21)23(26)31/h7-12,32H,3-6,13-14H2,1-2H3,(H2,26,31)(H,27,28,30). The van der Waals surface area contributed by atoms with E-state index in [1.165, 1.54) is 30.1 Å². The van der Waals surface area contributed by atoms with Gasteiger partial charge in [0.15, 0.2) is 17.4 Å². The van der Waals surface area contributed by atoms with Crippen LogP contribution in [0.4, 0.5) is 5.82 Å². The number of thioether (sulfide) groups is 1. The van der Waals surface area contributed by atoms with E-state index in [1.807, 2.05) is 22.8 Å². The fourth-order valence-corrected chi connectivity index (χ4v) is 5.26. The second-order valence-electron chi connectivity index (χ2n) is 8.20. The summed E-state index contributed by atoms with van der Waals surface area (Å²) >= 11 is 1.39. The van der Waals surface area contributed by atoms with Crippen molar-refractivity contribution in [1.82, 2.24) is 9.55 Å². The number of methoxy groups -OCH3 is 2. The molecule has 0 unspecified atom stereocenters. The number of nitrogens with one attached hydrogen (secondary N) is 1. The van der Waals surface area contributed by atoms with Gasteiger partial charge in [-0.3, -0.25) is 9.59 Å². The minimum Gasteiger partial charge on any atom is -0.494 e. The van der Waals surface area contributed by atoms with Gasteiger partial charge in [0.1, 0.15) is 5.82 Å². The first kappa shape index (κ1) is 24.5. The molecule has 0 atom stereocenters. The summed E-state index contributed by atoms with van der Waals surface area (Å²) in [7, 11) is 3.18. The summed E-state index contributed by atoms with van der Waals surface area (Å²) in [5.74, 6) is 1.16. The summed E-state index contributed by atoms with van der Waals surface area (Å²) in [6, 6.07) is 8.71. The van der Waals surface area contributed by atoms with Crippen LogP contribution in [0.1, 0.15) is 39.9 Å². The molecule has 4 N–H and O–H groups in total. The molecule has 0 fully saturated rings. The first-order valence-corrected chi connectivity index (χ1v) is 12.2. The molecule has 0 saturated carbocycles. The highest BCUT2D eigenvalue weighted by molar-refractivity contribution is 8.00. The quantitative estimate of drug-likeness (QED) is 0.388. The molecule has 2 aromatic heterocycles. The lowest BCUT2D eigenvalue weighted by Gasteiger charge is -2.14. The average Bonchev–Trinajstić information content (AvgIpc) is 3.13. The first-order chi connectivity index (χ1) is 16.9. The lowest BCUT2D eigenvalue weighted by molar-refractivity contribution is -0.113. The maximum atomic E-state index is 12.6. The molecular weight excluding hydrogens is 468 g/mol. The smallest absolute Gasteiger partial charge is 0.250 e. The molecule has 184 valence electrons. The highest BCUT2D eigenvalue weighted by atomic mass is 32.2. The Morgan fingerprint density at radius 2 is 1.86 bits per heavy atom. The summed E-state index contributed by atoms with van der Waals surface area (Å²) in [5, 5.41) is 14.7. The van der Waals surface area contributed by atoms with Crippen LogP contribution < -0.4 is 20.5 Å². The van der Waals surface area contributed by atoms with E-state index in [-0.39, 0.29) is 23.1 Å². The summed E-state index contributed by atoms with van der Waals surface area (Å²) < 4.78 is 12.6. The van der Waals surface area contributed by atoms with Crippen LogP contribution in [0.2, 0.25) is 0 Å². The zero-order valence-electron chi connectivity index (χ0n) is 19.7.